The molecule has 4 rings (SSSR count). The number of carbonyl (C=O) groups excluding carboxylic acids is 2. The summed E-state index contributed by atoms with van der Waals surface area (Å²) < 4.78 is 5.46. The smallest absolute Gasteiger partial charge is 0.281 e. The normalized spacial score (nSPS) is 10.6. The summed E-state index contributed by atoms with van der Waals surface area (Å²) in [6, 6.07) is 17.2. The van der Waals surface area contributed by atoms with E-state index in [1.807, 2.05) is 61.5 Å². The Morgan fingerprint density at radius 2 is 1.27 bits per heavy atom. The van der Waals surface area contributed by atoms with E-state index in [9.17, 15) is 9.59 Å². The van der Waals surface area contributed by atoms with E-state index in [2.05, 4.69) is 20.8 Å². The third-order valence-corrected chi connectivity index (χ3v) is 7.14. The second kappa shape index (κ2) is 9.93. The standard InChI is InChI=1S/C24H22N4O3S2/c1-4-31-18-12-10-17(11-13-18)24-26-15(3)20(33-24)22(30)28-27-21(29)19-14(2)25-23(32-19)16-8-6-5-7-9-16/h5-13H,4H2,1-3H3,(H,27,29)(H,28,30). The molecule has 2 aromatic heterocycles. The van der Waals surface area contributed by atoms with Gasteiger partial charge < -0.3 is 4.74 Å². The molecule has 2 N–H and O–H groups in total. The Morgan fingerprint density at radius 1 is 0.788 bits per heavy atom. The number of hydrazine groups is 1. The van der Waals surface area contributed by atoms with E-state index in [-0.39, 0.29) is 0 Å². The van der Waals surface area contributed by atoms with Crippen molar-refractivity contribution < 1.29 is 14.3 Å². The summed E-state index contributed by atoms with van der Waals surface area (Å²) in [4.78, 5) is 35.3. The van der Waals surface area contributed by atoms with Crippen LogP contribution in [0.4, 0.5) is 0 Å². The summed E-state index contributed by atoms with van der Waals surface area (Å²) in [5, 5.41) is 1.47. The predicted molar refractivity (Wildman–Crippen MR) is 131 cm³/mol. The van der Waals surface area contributed by atoms with Crippen molar-refractivity contribution in [2.75, 3.05) is 6.61 Å². The van der Waals surface area contributed by atoms with E-state index in [1.54, 1.807) is 13.8 Å². The van der Waals surface area contributed by atoms with Crippen LogP contribution in [0, 0.1) is 13.8 Å². The van der Waals surface area contributed by atoms with Crippen molar-refractivity contribution in [3.05, 3.63) is 75.7 Å². The first-order chi connectivity index (χ1) is 16.0. The van der Waals surface area contributed by atoms with Crippen molar-refractivity contribution in [1.29, 1.82) is 0 Å². The molecule has 2 amide bonds. The average molecular weight is 479 g/mol. The zero-order valence-corrected chi connectivity index (χ0v) is 20.0. The minimum absolute atomic E-state index is 0.408. The summed E-state index contributed by atoms with van der Waals surface area (Å²) in [6.07, 6.45) is 0. The number of nitrogens with one attached hydrogen (secondary N) is 2. The fraction of sp³-hybridized carbons (Fsp3) is 0.167. The molecule has 0 unspecified atom stereocenters. The number of hydrogen-bond donors (Lipinski definition) is 2. The highest BCUT2D eigenvalue weighted by Gasteiger charge is 2.20. The largest absolute Gasteiger partial charge is 0.494 e. The van der Waals surface area contributed by atoms with Crippen LogP contribution in [0.2, 0.25) is 0 Å². The van der Waals surface area contributed by atoms with Gasteiger partial charge in [0, 0.05) is 11.1 Å². The Morgan fingerprint density at radius 3 is 1.76 bits per heavy atom. The van der Waals surface area contributed by atoms with Crippen LogP contribution in [-0.2, 0) is 0 Å². The Kier molecular flexibility index (Phi) is 6.81. The second-order valence-electron chi connectivity index (χ2n) is 7.10. The number of nitrogens with zero attached hydrogens (tertiary/aromatic N) is 2. The maximum Gasteiger partial charge on any atom is 0.281 e. The Balaban J connectivity index is 1.43. The quantitative estimate of drug-likeness (QED) is 0.380. The molecule has 0 fully saturated rings. The molecule has 4 aromatic rings. The van der Waals surface area contributed by atoms with E-state index < -0.39 is 11.8 Å². The Labute approximate surface area is 199 Å². The number of hydrogen-bond acceptors (Lipinski definition) is 7. The van der Waals surface area contributed by atoms with Crippen LogP contribution in [0.25, 0.3) is 21.1 Å². The highest BCUT2D eigenvalue weighted by Crippen LogP contribution is 2.30. The van der Waals surface area contributed by atoms with Gasteiger partial charge in [0.2, 0.25) is 0 Å². The number of benzene rings is 2. The lowest BCUT2D eigenvalue weighted by molar-refractivity contribution is 0.0850. The van der Waals surface area contributed by atoms with Gasteiger partial charge in [-0.3, -0.25) is 20.4 Å². The van der Waals surface area contributed by atoms with E-state index in [1.165, 1.54) is 22.7 Å². The Bertz CT molecular complexity index is 1280. The van der Waals surface area contributed by atoms with Crippen molar-refractivity contribution >= 4 is 34.5 Å². The third kappa shape index (κ3) is 5.10. The van der Waals surface area contributed by atoms with Gasteiger partial charge >= 0.3 is 0 Å². The number of thiazole rings is 2. The molecule has 0 bridgehead atoms. The third-order valence-electron chi connectivity index (χ3n) is 4.73. The summed E-state index contributed by atoms with van der Waals surface area (Å²) >= 11 is 2.55. The van der Waals surface area contributed by atoms with Gasteiger partial charge in [0.1, 0.15) is 25.5 Å². The maximum absolute atomic E-state index is 12.7. The number of ether oxygens (including phenoxy) is 1. The SMILES string of the molecule is CCOc1ccc(-c2nc(C)c(C(=O)NNC(=O)c3sc(-c4ccccc4)nc3C)s2)cc1. The molecule has 0 saturated carbocycles. The van der Waals surface area contributed by atoms with E-state index in [4.69, 9.17) is 4.74 Å². The maximum atomic E-state index is 12.7. The van der Waals surface area contributed by atoms with Crippen LogP contribution in [0.5, 0.6) is 5.75 Å². The van der Waals surface area contributed by atoms with Gasteiger partial charge in [-0.05, 0) is 45.0 Å². The van der Waals surface area contributed by atoms with Crippen molar-refractivity contribution in [3.63, 3.8) is 0 Å². The van der Waals surface area contributed by atoms with Gasteiger partial charge in [-0.15, -0.1) is 22.7 Å². The zero-order chi connectivity index (χ0) is 23.4. The molecular formula is C24H22N4O3S2. The molecule has 0 aliphatic rings. The average Bonchev–Trinajstić information content (AvgIpc) is 3.41. The van der Waals surface area contributed by atoms with E-state index >= 15 is 0 Å². The van der Waals surface area contributed by atoms with Crippen LogP contribution in [-0.4, -0.2) is 28.4 Å². The van der Waals surface area contributed by atoms with Crippen LogP contribution in [0.1, 0.15) is 37.7 Å². The van der Waals surface area contributed by atoms with Gasteiger partial charge in [0.15, 0.2) is 0 Å². The van der Waals surface area contributed by atoms with Crippen LogP contribution >= 0.6 is 22.7 Å². The van der Waals surface area contributed by atoms with Gasteiger partial charge in [-0.25, -0.2) is 9.97 Å². The van der Waals surface area contributed by atoms with Gasteiger partial charge in [-0.2, -0.15) is 0 Å². The molecule has 9 heteroatoms. The summed E-state index contributed by atoms with van der Waals surface area (Å²) in [6.45, 7) is 6.07. The molecule has 2 heterocycles. The molecule has 168 valence electrons. The topological polar surface area (TPSA) is 93.2 Å². The van der Waals surface area contributed by atoms with Crippen LogP contribution < -0.4 is 15.6 Å². The van der Waals surface area contributed by atoms with Crippen LogP contribution in [0.15, 0.2) is 54.6 Å². The van der Waals surface area contributed by atoms with Crippen molar-refractivity contribution in [1.82, 2.24) is 20.8 Å². The lowest BCUT2D eigenvalue weighted by atomic mass is 10.2. The minimum Gasteiger partial charge on any atom is -0.494 e. The van der Waals surface area contributed by atoms with E-state index in [0.29, 0.717) is 27.7 Å². The highest BCUT2D eigenvalue weighted by atomic mass is 32.1. The number of carbonyl (C=O) groups is 2. The fourth-order valence-corrected chi connectivity index (χ4v) is 5.06. The number of aryl methyl sites for hydroxylation is 2. The van der Waals surface area contributed by atoms with Gasteiger partial charge in [-0.1, -0.05) is 30.3 Å². The molecule has 0 radical (unpaired) electrons. The number of aromatic nitrogens is 2. The predicted octanol–water partition coefficient (Wildman–Crippen LogP) is 5.02. The molecule has 0 atom stereocenters. The van der Waals surface area contributed by atoms with Gasteiger partial charge in [0.25, 0.3) is 11.8 Å². The molecule has 33 heavy (non-hydrogen) atoms. The van der Waals surface area contributed by atoms with Crippen LogP contribution in [0.3, 0.4) is 0 Å². The van der Waals surface area contributed by atoms with E-state index in [0.717, 1.165) is 26.9 Å². The molecule has 0 spiro atoms. The summed E-state index contributed by atoms with van der Waals surface area (Å²) in [5.41, 5.74) is 8.03. The van der Waals surface area contributed by atoms with Crippen molar-refractivity contribution in [3.8, 4) is 26.9 Å². The minimum atomic E-state index is -0.416. The molecule has 0 aliphatic heterocycles. The zero-order valence-electron chi connectivity index (χ0n) is 18.3. The lowest BCUT2D eigenvalue weighted by Gasteiger charge is -2.05. The second-order valence-corrected chi connectivity index (χ2v) is 9.10. The highest BCUT2D eigenvalue weighted by molar-refractivity contribution is 7.17. The summed E-state index contributed by atoms with van der Waals surface area (Å²) in [7, 11) is 0. The van der Waals surface area contributed by atoms with Crippen molar-refractivity contribution in [2.45, 2.75) is 20.8 Å². The first-order valence-electron chi connectivity index (χ1n) is 10.3. The molecule has 2 aromatic carbocycles. The summed E-state index contributed by atoms with van der Waals surface area (Å²) in [5.74, 6) is -0.0422. The van der Waals surface area contributed by atoms with Crippen molar-refractivity contribution in [2.24, 2.45) is 0 Å². The number of amides is 2. The molecule has 7 nitrogen and oxygen atoms in total. The fourth-order valence-electron chi connectivity index (χ4n) is 3.13. The number of rotatable bonds is 6. The van der Waals surface area contributed by atoms with Gasteiger partial charge in [0.05, 0.1) is 18.0 Å². The first-order valence-corrected chi connectivity index (χ1v) is 11.9. The first kappa shape index (κ1) is 22.6. The molecular weight excluding hydrogens is 456 g/mol. The monoisotopic (exact) mass is 478 g/mol. The Hall–Kier alpha value is -3.56. The molecule has 0 aliphatic carbocycles. The molecule has 0 saturated heterocycles. The lowest BCUT2D eigenvalue weighted by Crippen LogP contribution is -2.41.